The maximum Gasteiger partial charge on any atom is 0.138 e. The molecule has 0 aliphatic carbocycles. The molecular formula is C14H19ClN4. The van der Waals surface area contributed by atoms with Gasteiger partial charge in [-0.05, 0) is 36.7 Å². The Morgan fingerprint density at radius 3 is 2.74 bits per heavy atom. The smallest absolute Gasteiger partial charge is 0.138 e. The third-order valence-corrected chi connectivity index (χ3v) is 3.33. The van der Waals surface area contributed by atoms with Gasteiger partial charge in [0.05, 0.1) is 0 Å². The lowest BCUT2D eigenvalue weighted by molar-refractivity contribution is 0.522. The highest BCUT2D eigenvalue weighted by Crippen LogP contribution is 2.22. The van der Waals surface area contributed by atoms with E-state index in [4.69, 9.17) is 11.6 Å². The fourth-order valence-corrected chi connectivity index (χ4v) is 2.51. The van der Waals surface area contributed by atoms with Gasteiger partial charge in [0, 0.05) is 24.5 Å². The summed E-state index contributed by atoms with van der Waals surface area (Å²) in [5.41, 5.74) is 2.36. The topological polar surface area (TPSA) is 42.7 Å². The summed E-state index contributed by atoms with van der Waals surface area (Å²) < 4.78 is 1.81. The normalized spacial score (nSPS) is 12.6. The summed E-state index contributed by atoms with van der Waals surface area (Å²) in [4.78, 5) is 4.29. The van der Waals surface area contributed by atoms with Crippen LogP contribution in [0.1, 0.15) is 29.9 Å². The fourth-order valence-electron chi connectivity index (χ4n) is 2.21. The number of aromatic nitrogens is 3. The van der Waals surface area contributed by atoms with Crippen LogP contribution in [0.15, 0.2) is 24.5 Å². The van der Waals surface area contributed by atoms with Gasteiger partial charge in [-0.15, -0.1) is 0 Å². The highest BCUT2D eigenvalue weighted by atomic mass is 35.5. The molecule has 0 aliphatic rings. The van der Waals surface area contributed by atoms with Crippen LogP contribution in [0.4, 0.5) is 0 Å². The summed E-state index contributed by atoms with van der Waals surface area (Å²) in [7, 11) is 1.91. The summed E-state index contributed by atoms with van der Waals surface area (Å²) >= 11 is 6.15. The van der Waals surface area contributed by atoms with Gasteiger partial charge >= 0.3 is 0 Å². The Morgan fingerprint density at radius 1 is 1.37 bits per heavy atom. The van der Waals surface area contributed by atoms with E-state index in [1.165, 1.54) is 11.1 Å². The van der Waals surface area contributed by atoms with Crippen molar-refractivity contribution >= 4 is 11.6 Å². The lowest BCUT2D eigenvalue weighted by Crippen LogP contribution is -2.24. The fraction of sp³-hybridized carbons (Fsp3) is 0.429. The molecule has 0 bridgehead atoms. The van der Waals surface area contributed by atoms with E-state index in [1.54, 1.807) is 6.33 Å². The molecule has 2 aromatic rings. The second-order valence-electron chi connectivity index (χ2n) is 4.68. The Morgan fingerprint density at radius 2 is 2.16 bits per heavy atom. The molecule has 1 aromatic carbocycles. The third-order valence-electron chi connectivity index (χ3n) is 3.11. The minimum Gasteiger partial charge on any atom is -0.310 e. The van der Waals surface area contributed by atoms with Gasteiger partial charge in [-0.25, -0.2) is 4.98 Å². The quantitative estimate of drug-likeness (QED) is 0.914. The first-order chi connectivity index (χ1) is 9.10. The second kappa shape index (κ2) is 6.17. The number of hydrogen-bond donors (Lipinski definition) is 1. The van der Waals surface area contributed by atoms with Crippen LogP contribution in [-0.4, -0.2) is 21.3 Å². The van der Waals surface area contributed by atoms with Crippen molar-refractivity contribution in [1.29, 1.82) is 0 Å². The molecular weight excluding hydrogens is 260 g/mol. The Hall–Kier alpha value is -1.39. The minimum absolute atomic E-state index is 0.199. The highest BCUT2D eigenvalue weighted by Gasteiger charge is 2.15. The monoisotopic (exact) mass is 278 g/mol. The zero-order valence-corrected chi connectivity index (χ0v) is 12.3. The van der Waals surface area contributed by atoms with E-state index in [2.05, 4.69) is 35.3 Å². The van der Waals surface area contributed by atoms with Crippen molar-refractivity contribution in [2.75, 3.05) is 6.54 Å². The van der Waals surface area contributed by atoms with Crippen LogP contribution in [-0.2, 0) is 13.5 Å². The Bertz CT molecular complexity index is 530. The first kappa shape index (κ1) is 14.0. The van der Waals surface area contributed by atoms with Gasteiger partial charge in [-0.1, -0.05) is 24.6 Å². The van der Waals surface area contributed by atoms with E-state index in [9.17, 15) is 0 Å². The molecule has 19 heavy (non-hydrogen) atoms. The molecule has 0 saturated heterocycles. The van der Waals surface area contributed by atoms with Gasteiger partial charge < -0.3 is 5.32 Å². The van der Waals surface area contributed by atoms with Crippen LogP contribution in [0.2, 0.25) is 5.02 Å². The number of benzene rings is 1. The Balaban J connectivity index is 2.26. The number of halogens is 1. The van der Waals surface area contributed by atoms with Gasteiger partial charge in [0.25, 0.3) is 0 Å². The number of hydrogen-bond acceptors (Lipinski definition) is 3. The average Bonchev–Trinajstić information content (AvgIpc) is 2.73. The number of nitrogens with one attached hydrogen (secondary N) is 1. The lowest BCUT2D eigenvalue weighted by atomic mass is 10.0. The van der Waals surface area contributed by atoms with Crippen LogP contribution in [0.25, 0.3) is 0 Å². The molecule has 0 saturated carbocycles. The van der Waals surface area contributed by atoms with Crippen molar-refractivity contribution < 1.29 is 0 Å². The van der Waals surface area contributed by atoms with Crippen molar-refractivity contribution in [3.05, 3.63) is 46.5 Å². The summed E-state index contributed by atoms with van der Waals surface area (Å²) in [5, 5.41) is 8.36. The van der Waals surface area contributed by atoms with Crippen LogP contribution in [0.5, 0.6) is 0 Å². The van der Waals surface area contributed by atoms with E-state index in [0.29, 0.717) is 0 Å². The van der Waals surface area contributed by atoms with Gasteiger partial charge in [0.15, 0.2) is 0 Å². The largest absolute Gasteiger partial charge is 0.310 e. The lowest BCUT2D eigenvalue weighted by Gasteiger charge is -2.18. The van der Waals surface area contributed by atoms with Crippen LogP contribution < -0.4 is 5.32 Å². The molecule has 0 amide bonds. The molecule has 1 aromatic heterocycles. The van der Waals surface area contributed by atoms with E-state index < -0.39 is 0 Å². The SMILES string of the molecule is CCNC(Cc1ncnn1C)c1cc(C)cc(Cl)c1. The minimum atomic E-state index is 0.199. The van der Waals surface area contributed by atoms with Gasteiger partial charge in [-0.2, -0.15) is 5.10 Å². The maximum absolute atomic E-state index is 6.15. The highest BCUT2D eigenvalue weighted by molar-refractivity contribution is 6.30. The number of likely N-dealkylation sites (N-methyl/N-ethyl adjacent to an activating group) is 1. The molecule has 1 N–H and O–H groups in total. The maximum atomic E-state index is 6.15. The molecule has 2 rings (SSSR count). The number of aryl methyl sites for hydroxylation is 2. The Kier molecular flexibility index (Phi) is 4.56. The van der Waals surface area contributed by atoms with Crippen LogP contribution >= 0.6 is 11.6 Å². The van der Waals surface area contributed by atoms with Crippen molar-refractivity contribution in [1.82, 2.24) is 20.1 Å². The van der Waals surface area contributed by atoms with Crippen molar-refractivity contribution in [3.63, 3.8) is 0 Å². The van der Waals surface area contributed by atoms with E-state index in [0.717, 1.165) is 23.8 Å². The first-order valence-corrected chi connectivity index (χ1v) is 6.81. The standard InChI is InChI=1S/C14H19ClN4/c1-4-16-13(8-14-17-9-18-19(14)3)11-5-10(2)6-12(15)7-11/h5-7,9,13,16H,4,8H2,1-3H3. The van der Waals surface area contributed by atoms with Crippen LogP contribution in [0, 0.1) is 6.92 Å². The molecule has 0 radical (unpaired) electrons. The summed E-state index contributed by atoms with van der Waals surface area (Å²) in [6, 6.07) is 6.34. The summed E-state index contributed by atoms with van der Waals surface area (Å²) in [6.45, 7) is 5.05. The van der Waals surface area contributed by atoms with Crippen molar-refractivity contribution in [2.24, 2.45) is 7.05 Å². The first-order valence-electron chi connectivity index (χ1n) is 6.43. The van der Waals surface area contributed by atoms with Crippen LogP contribution in [0.3, 0.4) is 0 Å². The Labute approximate surface area is 118 Å². The number of rotatable bonds is 5. The average molecular weight is 279 g/mol. The van der Waals surface area contributed by atoms with E-state index in [1.807, 2.05) is 23.9 Å². The molecule has 0 spiro atoms. The molecule has 1 unspecified atom stereocenters. The zero-order chi connectivity index (χ0) is 13.8. The molecule has 0 aliphatic heterocycles. The van der Waals surface area contributed by atoms with Gasteiger partial charge in [0.1, 0.15) is 12.2 Å². The van der Waals surface area contributed by atoms with E-state index >= 15 is 0 Å². The zero-order valence-electron chi connectivity index (χ0n) is 11.5. The van der Waals surface area contributed by atoms with Gasteiger partial charge in [-0.3, -0.25) is 4.68 Å². The molecule has 1 atom stereocenters. The molecule has 1 heterocycles. The van der Waals surface area contributed by atoms with Crippen molar-refractivity contribution in [3.8, 4) is 0 Å². The molecule has 102 valence electrons. The van der Waals surface area contributed by atoms with E-state index in [-0.39, 0.29) is 6.04 Å². The predicted octanol–water partition coefficient (Wildman–Crippen LogP) is 2.67. The third kappa shape index (κ3) is 3.55. The summed E-state index contributed by atoms with van der Waals surface area (Å²) in [6.07, 6.45) is 2.38. The number of nitrogens with zero attached hydrogens (tertiary/aromatic N) is 3. The predicted molar refractivity (Wildman–Crippen MR) is 77.3 cm³/mol. The molecule has 5 heteroatoms. The molecule has 0 fully saturated rings. The van der Waals surface area contributed by atoms with Crippen molar-refractivity contribution in [2.45, 2.75) is 26.3 Å². The summed E-state index contributed by atoms with van der Waals surface area (Å²) in [5.74, 6) is 0.962. The molecule has 4 nitrogen and oxygen atoms in total. The second-order valence-corrected chi connectivity index (χ2v) is 5.11. The van der Waals surface area contributed by atoms with Gasteiger partial charge in [0.2, 0.25) is 0 Å².